The van der Waals surface area contributed by atoms with Crippen LogP contribution in [-0.4, -0.2) is 8.42 Å². The molecule has 102 valence electrons. The van der Waals surface area contributed by atoms with Crippen molar-refractivity contribution in [3.05, 3.63) is 48.0 Å². The molecule has 0 amide bonds. The van der Waals surface area contributed by atoms with Crippen molar-refractivity contribution in [2.75, 3.05) is 11.1 Å². The molecule has 0 fully saturated rings. The Hall–Kier alpha value is -2.56. The summed E-state index contributed by atoms with van der Waals surface area (Å²) < 4.78 is 22.4. The van der Waals surface area contributed by atoms with Gasteiger partial charge in [-0.1, -0.05) is 12.1 Å². The third-order valence-corrected chi connectivity index (χ3v) is 3.58. The second kappa shape index (κ2) is 5.21. The van der Waals surface area contributed by atoms with Crippen LogP contribution in [0.4, 0.5) is 17.1 Å². The lowest BCUT2D eigenvalue weighted by Gasteiger charge is -2.11. The maximum atomic E-state index is 11.2. The fraction of sp³-hybridized carbons (Fsp3) is 0. The Labute approximate surface area is 116 Å². The van der Waals surface area contributed by atoms with Crippen molar-refractivity contribution in [1.29, 1.82) is 5.26 Å². The lowest BCUT2D eigenvalue weighted by atomic mass is 10.2. The van der Waals surface area contributed by atoms with Crippen LogP contribution in [0.1, 0.15) is 5.56 Å². The van der Waals surface area contributed by atoms with Crippen molar-refractivity contribution < 1.29 is 8.42 Å². The molecule has 0 atom stereocenters. The minimum absolute atomic E-state index is 0.0610. The fourth-order valence-corrected chi connectivity index (χ4v) is 2.22. The number of hydrogen-bond donors (Lipinski definition) is 3. The van der Waals surface area contributed by atoms with E-state index in [2.05, 4.69) is 11.4 Å². The number of nitrogens with zero attached hydrogens (tertiary/aromatic N) is 1. The maximum absolute atomic E-state index is 11.2. The van der Waals surface area contributed by atoms with Gasteiger partial charge in [0.2, 0.25) is 10.0 Å². The quantitative estimate of drug-likeness (QED) is 0.739. The normalized spacial score (nSPS) is 10.8. The van der Waals surface area contributed by atoms with Gasteiger partial charge in [0.25, 0.3) is 0 Å². The number of hydrogen-bond acceptors (Lipinski definition) is 5. The summed E-state index contributed by atoms with van der Waals surface area (Å²) in [6.07, 6.45) is 0. The molecule has 0 spiro atoms. The van der Waals surface area contributed by atoms with Crippen molar-refractivity contribution in [3.63, 3.8) is 0 Å². The Morgan fingerprint density at radius 1 is 1.10 bits per heavy atom. The molecule has 6 nitrogen and oxygen atoms in total. The molecular formula is C13H12N4O2S. The zero-order chi connectivity index (χ0) is 14.8. The monoisotopic (exact) mass is 288 g/mol. The molecule has 0 aliphatic rings. The van der Waals surface area contributed by atoms with Crippen molar-refractivity contribution >= 4 is 27.1 Å². The van der Waals surface area contributed by atoms with E-state index in [1.54, 1.807) is 24.3 Å². The topological polar surface area (TPSA) is 122 Å². The zero-order valence-corrected chi connectivity index (χ0v) is 11.2. The standard InChI is InChI=1S/C13H12N4O2S/c14-8-9-3-1-2-4-12(9)17-13-6-5-10(7-11(13)15)20(16,18)19/h1-7,17H,15H2,(H2,16,18,19). The minimum atomic E-state index is -3.79. The number of anilines is 3. The predicted octanol–water partition coefficient (Wildman–Crippen LogP) is 1.53. The van der Waals surface area contributed by atoms with Crippen LogP contribution < -0.4 is 16.2 Å². The zero-order valence-electron chi connectivity index (χ0n) is 10.4. The van der Waals surface area contributed by atoms with Crippen molar-refractivity contribution in [1.82, 2.24) is 0 Å². The summed E-state index contributed by atoms with van der Waals surface area (Å²) in [7, 11) is -3.79. The Bertz CT molecular complexity index is 794. The van der Waals surface area contributed by atoms with Gasteiger partial charge in [-0.2, -0.15) is 5.26 Å². The van der Waals surface area contributed by atoms with E-state index in [4.69, 9.17) is 16.1 Å². The average Bonchev–Trinajstić information content (AvgIpc) is 2.40. The summed E-state index contributed by atoms with van der Waals surface area (Å²) in [5, 5.41) is 17.0. The Morgan fingerprint density at radius 3 is 2.40 bits per heavy atom. The maximum Gasteiger partial charge on any atom is 0.238 e. The molecule has 2 aromatic rings. The predicted molar refractivity (Wildman–Crippen MR) is 76.7 cm³/mol. The second-order valence-corrected chi connectivity index (χ2v) is 5.64. The molecule has 0 aliphatic heterocycles. The molecule has 2 rings (SSSR count). The molecule has 0 saturated carbocycles. The van der Waals surface area contributed by atoms with Crippen molar-refractivity contribution in [3.8, 4) is 6.07 Å². The number of nitriles is 1. The molecule has 0 saturated heterocycles. The molecule has 0 aromatic heterocycles. The average molecular weight is 288 g/mol. The van der Waals surface area contributed by atoms with Gasteiger partial charge in [-0.15, -0.1) is 0 Å². The third-order valence-electron chi connectivity index (χ3n) is 2.67. The Balaban J connectivity index is 2.39. The summed E-state index contributed by atoms with van der Waals surface area (Å²) >= 11 is 0. The van der Waals surface area contributed by atoms with Gasteiger partial charge < -0.3 is 11.1 Å². The molecule has 0 heterocycles. The molecule has 2 aromatic carbocycles. The van der Waals surface area contributed by atoms with Gasteiger partial charge in [-0.3, -0.25) is 0 Å². The highest BCUT2D eigenvalue weighted by Crippen LogP contribution is 2.27. The summed E-state index contributed by atoms with van der Waals surface area (Å²) in [4.78, 5) is -0.0610. The number of para-hydroxylation sites is 1. The molecule has 5 N–H and O–H groups in total. The van der Waals surface area contributed by atoms with Gasteiger partial charge >= 0.3 is 0 Å². The van der Waals surface area contributed by atoms with E-state index in [0.717, 1.165) is 0 Å². The summed E-state index contributed by atoms with van der Waals surface area (Å²) in [5.41, 5.74) is 7.57. The van der Waals surface area contributed by atoms with E-state index < -0.39 is 10.0 Å². The number of rotatable bonds is 3. The van der Waals surface area contributed by atoms with Crippen LogP contribution in [0.25, 0.3) is 0 Å². The van der Waals surface area contributed by atoms with Gasteiger partial charge in [-0.25, -0.2) is 13.6 Å². The van der Waals surface area contributed by atoms with Crippen LogP contribution in [0.2, 0.25) is 0 Å². The molecule has 0 unspecified atom stereocenters. The number of nitrogens with two attached hydrogens (primary N) is 2. The van der Waals surface area contributed by atoms with Crippen molar-refractivity contribution in [2.45, 2.75) is 4.90 Å². The van der Waals surface area contributed by atoms with E-state index in [9.17, 15) is 8.42 Å². The van der Waals surface area contributed by atoms with Gasteiger partial charge in [0.05, 0.1) is 27.5 Å². The Kier molecular flexibility index (Phi) is 3.61. The van der Waals surface area contributed by atoms with Crippen LogP contribution in [-0.2, 0) is 10.0 Å². The largest absolute Gasteiger partial charge is 0.397 e. The Morgan fingerprint density at radius 2 is 1.80 bits per heavy atom. The minimum Gasteiger partial charge on any atom is -0.397 e. The molecule has 0 bridgehead atoms. The first-order chi connectivity index (χ1) is 9.41. The second-order valence-electron chi connectivity index (χ2n) is 4.08. The highest BCUT2D eigenvalue weighted by molar-refractivity contribution is 7.89. The third kappa shape index (κ3) is 2.88. The molecule has 0 radical (unpaired) electrons. The molecule has 0 aliphatic carbocycles. The first-order valence-electron chi connectivity index (χ1n) is 5.60. The number of primary sulfonamides is 1. The van der Waals surface area contributed by atoms with Crippen molar-refractivity contribution in [2.24, 2.45) is 5.14 Å². The van der Waals surface area contributed by atoms with Crippen LogP contribution in [0.15, 0.2) is 47.4 Å². The van der Waals surface area contributed by atoms with Gasteiger partial charge in [0.15, 0.2) is 0 Å². The summed E-state index contributed by atoms with van der Waals surface area (Å²) in [6, 6.07) is 13.1. The summed E-state index contributed by atoms with van der Waals surface area (Å²) in [5.74, 6) is 0. The van der Waals surface area contributed by atoms with Gasteiger partial charge in [-0.05, 0) is 30.3 Å². The SMILES string of the molecule is N#Cc1ccccc1Nc1ccc(S(N)(=O)=O)cc1N. The van der Waals surface area contributed by atoms with Crippen LogP contribution in [0.5, 0.6) is 0 Å². The first-order valence-corrected chi connectivity index (χ1v) is 7.15. The van der Waals surface area contributed by atoms with E-state index in [0.29, 0.717) is 16.9 Å². The number of nitrogen functional groups attached to an aromatic ring is 1. The highest BCUT2D eigenvalue weighted by atomic mass is 32.2. The van der Waals surface area contributed by atoms with Gasteiger partial charge in [0, 0.05) is 0 Å². The van der Waals surface area contributed by atoms with Gasteiger partial charge in [0.1, 0.15) is 6.07 Å². The first kappa shape index (κ1) is 13.9. The molecule has 7 heteroatoms. The van der Waals surface area contributed by atoms with E-state index in [1.807, 2.05) is 0 Å². The van der Waals surface area contributed by atoms with Crippen LogP contribution in [0.3, 0.4) is 0 Å². The van der Waals surface area contributed by atoms with Crippen LogP contribution in [0, 0.1) is 11.3 Å². The summed E-state index contributed by atoms with van der Waals surface area (Å²) in [6.45, 7) is 0. The molecular weight excluding hydrogens is 276 g/mol. The lowest BCUT2D eigenvalue weighted by molar-refractivity contribution is 0.598. The highest BCUT2D eigenvalue weighted by Gasteiger charge is 2.10. The van der Waals surface area contributed by atoms with E-state index in [-0.39, 0.29) is 10.6 Å². The van der Waals surface area contributed by atoms with Crippen LogP contribution >= 0.6 is 0 Å². The van der Waals surface area contributed by atoms with E-state index in [1.165, 1.54) is 18.2 Å². The smallest absolute Gasteiger partial charge is 0.238 e. The number of sulfonamides is 1. The van der Waals surface area contributed by atoms with E-state index >= 15 is 0 Å². The molecule has 20 heavy (non-hydrogen) atoms. The fourth-order valence-electron chi connectivity index (χ4n) is 1.67. The number of benzene rings is 2. The number of nitrogens with one attached hydrogen (secondary N) is 1. The lowest BCUT2D eigenvalue weighted by Crippen LogP contribution is -2.12.